The van der Waals surface area contributed by atoms with E-state index >= 15 is 0 Å². The Labute approximate surface area is 120 Å². The molecule has 1 aromatic carbocycles. The highest BCUT2D eigenvalue weighted by Gasteiger charge is 2.32. The molecule has 0 aromatic heterocycles. The van der Waals surface area contributed by atoms with Crippen LogP contribution in [0.25, 0.3) is 0 Å². The second-order valence-corrected chi connectivity index (χ2v) is 5.34. The van der Waals surface area contributed by atoms with Gasteiger partial charge in [-0.05, 0) is 12.5 Å². The van der Waals surface area contributed by atoms with Gasteiger partial charge < -0.3 is 10.4 Å². The van der Waals surface area contributed by atoms with E-state index in [9.17, 15) is 9.59 Å². The number of aliphatic carboxylic acids is 1. The number of carboxylic acids is 1. The number of nitrogens with zero attached hydrogens (tertiary/aromatic N) is 2. The molecule has 1 unspecified atom stereocenters. The molecule has 2 N–H and O–H groups in total. The predicted molar refractivity (Wildman–Crippen MR) is 77.9 cm³/mol. The molecule has 20 heavy (non-hydrogen) atoms. The molecule has 0 spiro atoms. The molecule has 1 aliphatic heterocycles. The van der Waals surface area contributed by atoms with E-state index in [2.05, 4.69) is 15.5 Å². The zero-order valence-corrected chi connectivity index (χ0v) is 11.6. The third-order valence-corrected chi connectivity index (χ3v) is 3.69. The number of thioether (sulfide) groups is 1. The van der Waals surface area contributed by atoms with Crippen LogP contribution in [0.5, 0.6) is 0 Å². The van der Waals surface area contributed by atoms with Crippen molar-refractivity contribution in [3.05, 3.63) is 35.9 Å². The number of amidine groups is 1. The van der Waals surface area contributed by atoms with Crippen LogP contribution in [0.4, 0.5) is 0 Å². The molecule has 1 fully saturated rings. The Hall–Kier alpha value is -2.15. The van der Waals surface area contributed by atoms with Crippen molar-refractivity contribution in [2.24, 2.45) is 10.2 Å². The van der Waals surface area contributed by atoms with Crippen LogP contribution in [0.3, 0.4) is 0 Å². The minimum atomic E-state index is -1.01. The summed E-state index contributed by atoms with van der Waals surface area (Å²) < 4.78 is 0. The van der Waals surface area contributed by atoms with Gasteiger partial charge in [0, 0.05) is 0 Å². The molecule has 1 saturated heterocycles. The van der Waals surface area contributed by atoms with Crippen molar-refractivity contribution >= 4 is 34.5 Å². The first-order valence-electron chi connectivity index (χ1n) is 5.93. The smallest absolute Gasteiger partial charge is 0.305 e. The summed E-state index contributed by atoms with van der Waals surface area (Å²) in [6, 6.07) is 9.53. The fourth-order valence-corrected chi connectivity index (χ4v) is 2.51. The van der Waals surface area contributed by atoms with E-state index in [1.54, 1.807) is 0 Å². The molecule has 0 aliphatic carbocycles. The SMILES string of the molecule is CC(=N/N=C1/NC(=O)C(CC(=O)O)S1)c1ccccc1. The Morgan fingerprint density at radius 2 is 2.10 bits per heavy atom. The van der Waals surface area contributed by atoms with Gasteiger partial charge in [0.25, 0.3) is 0 Å². The summed E-state index contributed by atoms with van der Waals surface area (Å²) in [5.41, 5.74) is 1.66. The fraction of sp³-hybridized carbons (Fsp3) is 0.231. The van der Waals surface area contributed by atoms with Crippen molar-refractivity contribution in [2.45, 2.75) is 18.6 Å². The van der Waals surface area contributed by atoms with Crippen LogP contribution in [0.2, 0.25) is 0 Å². The molecule has 1 atom stereocenters. The highest BCUT2D eigenvalue weighted by atomic mass is 32.2. The van der Waals surface area contributed by atoms with Gasteiger partial charge in [-0.15, -0.1) is 5.10 Å². The van der Waals surface area contributed by atoms with Crippen LogP contribution in [0, 0.1) is 0 Å². The monoisotopic (exact) mass is 291 g/mol. The average molecular weight is 291 g/mol. The summed E-state index contributed by atoms with van der Waals surface area (Å²) in [5.74, 6) is -1.36. The molecular formula is C13H13N3O3S. The number of carboxylic acid groups (broad SMARTS) is 1. The number of benzene rings is 1. The molecule has 1 aliphatic rings. The topological polar surface area (TPSA) is 91.1 Å². The molecule has 1 amide bonds. The zero-order chi connectivity index (χ0) is 14.5. The number of hydrogen-bond acceptors (Lipinski definition) is 5. The largest absolute Gasteiger partial charge is 0.481 e. The average Bonchev–Trinajstić information content (AvgIpc) is 2.77. The molecule has 7 heteroatoms. The lowest BCUT2D eigenvalue weighted by molar-refractivity contribution is -0.138. The second kappa shape index (κ2) is 6.33. The maximum atomic E-state index is 11.5. The lowest BCUT2D eigenvalue weighted by Crippen LogP contribution is -2.26. The Morgan fingerprint density at radius 1 is 1.40 bits per heavy atom. The summed E-state index contributed by atoms with van der Waals surface area (Å²) in [7, 11) is 0. The number of rotatable bonds is 4. The highest BCUT2D eigenvalue weighted by molar-refractivity contribution is 8.15. The summed E-state index contributed by atoms with van der Waals surface area (Å²) in [6.07, 6.45) is -0.225. The molecule has 104 valence electrons. The first kappa shape index (κ1) is 14.3. The lowest BCUT2D eigenvalue weighted by Gasteiger charge is -1.98. The maximum Gasteiger partial charge on any atom is 0.305 e. The van der Waals surface area contributed by atoms with Crippen molar-refractivity contribution in [3.63, 3.8) is 0 Å². The standard InChI is InChI=1S/C13H13N3O3S/c1-8(9-5-3-2-4-6-9)15-16-13-14-12(19)10(20-13)7-11(17)18/h2-6,10H,7H2,1H3,(H,17,18)(H,14,16,19). The van der Waals surface area contributed by atoms with Gasteiger partial charge in [-0.25, -0.2) is 0 Å². The van der Waals surface area contributed by atoms with E-state index in [0.717, 1.165) is 23.0 Å². The fourth-order valence-electron chi connectivity index (χ4n) is 1.60. The van der Waals surface area contributed by atoms with Gasteiger partial charge >= 0.3 is 5.97 Å². The van der Waals surface area contributed by atoms with E-state index < -0.39 is 11.2 Å². The number of carbonyl (C=O) groups is 2. The molecular weight excluding hydrogens is 278 g/mol. The van der Waals surface area contributed by atoms with Gasteiger partial charge in [0.2, 0.25) is 5.91 Å². The molecule has 0 bridgehead atoms. The molecule has 6 nitrogen and oxygen atoms in total. The first-order valence-corrected chi connectivity index (χ1v) is 6.81. The van der Waals surface area contributed by atoms with Crippen LogP contribution in [0.1, 0.15) is 18.9 Å². The van der Waals surface area contributed by atoms with Crippen molar-refractivity contribution in [3.8, 4) is 0 Å². The minimum Gasteiger partial charge on any atom is -0.481 e. The van der Waals surface area contributed by atoms with Gasteiger partial charge in [-0.1, -0.05) is 42.1 Å². The Bertz CT molecular complexity index is 584. The van der Waals surface area contributed by atoms with Crippen LogP contribution in [-0.4, -0.2) is 33.1 Å². The van der Waals surface area contributed by atoms with Crippen molar-refractivity contribution < 1.29 is 14.7 Å². The summed E-state index contributed by atoms with van der Waals surface area (Å²) in [5, 5.41) is 18.9. The Morgan fingerprint density at radius 3 is 2.75 bits per heavy atom. The third-order valence-electron chi connectivity index (χ3n) is 2.62. The molecule has 0 saturated carbocycles. The Balaban J connectivity index is 2.06. The summed E-state index contributed by atoms with van der Waals surface area (Å²) in [4.78, 5) is 22.1. The minimum absolute atomic E-state index is 0.225. The zero-order valence-electron chi connectivity index (χ0n) is 10.7. The molecule has 0 radical (unpaired) electrons. The number of nitrogens with one attached hydrogen (secondary N) is 1. The quantitative estimate of drug-likeness (QED) is 0.649. The first-order chi connectivity index (χ1) is 9.56. The number of carbonyl (C=O) groups excluding carboxylic acids is 1. The Kier molecular flexibility index (Phi) is 4.52. The van der Waals surface area contributed by atoms with Gasteiger partial charge in [0.1, 0.15) is 5.25 Å². The van der Waals surface area contributed by atoms with E-state index in [0.29, 0.717) is 5.17 Å². The lowest BCUT2D eigenvalue weighted by atomic mass is 10.1. The van der Waals surface area contributed by atoms with Gasteiger partial charge in [-0.2, -0.15) is 5.10 Å². The van der Waals surface area contributed by atoms with Gasteiger partial charge in [0.05, 0.1) is 12.1 Å². The highest BCUT2D eigenvalue weighted by Crippen LogP contribution is 2.22. The number of amides is 1. The van der Waals surface area contributed by atoms with E-state index in [1.165, 1.54) is 0 Å². The third kappa shape index (κ3) is 3.67. The van der Waals surface area contributed by atoms with Crippen LogP contribution < -0.4 is 5.32 Å². The van der Waals surface area contributed by atoms with Gasteiger partial charge in [-0.3, -0.25) is 9.59 Å². The number of hydrogen-bond donors (Lipinski definition) is 2. The van der Waals surface area contributed by atoms with Gasteiger partial charge in [0.15, 0.2) is 5.17 Å². The van der Waals surface area contributed by atoms with Crippen molar-refractivity contribution in [2.75, 3.05) is 0 Å². The molecule has 2 rings (SSSR count). The molecule has 1 heterocycles. The molecule has 1 aromatic rings. The van der Waals surface area contributed by atoms with Crippen molar-refractivity contribution in [1.29, 1.82) is 0 Å². The maximum absolute atomic E-state index is 11.5. The normalized spacial score (nSPS) is 21.1. The summed E-state index contributed by atoms with van der Waals surface area (Å²) in [6.45, 7) is 1.82. The van der Waals surface area contributed by atoms with Crippen molar-refractivity contribution in [1.82, 2.24) is 5.32 Å². The summed E-state index contributed by atoms with van der Waals surface area (Å²) >= 11 is 1.09. The predicted octanol–water partition coefficient (Wildman–Crippen LogP) is 1.47. The van der Waals surface area contributed by atoms with E-state index in [4.69, 9.17) is 5.11 Å². The van der Waals surface area contributed by atoms with Crippen LogP contribution >= 0.6 is 11.8 Å². The van der Waals surface area contributed by atoms with E-state index in [1.807, 2.05) is 37.3 Å². The second-order valence-electron chi connectivity index (χ2n) is 4.15. The van der Waals surface area contributed by atoms with Crippen LogP contribution in [-0.2, 0) is 9.59 Å². The van der Waals surface area contributed by atoms with Crippen LogP contribution in [0.15, 0.2) is 40.5 Å². The van der Waals surface area contributed by atoms with E-state index in [-0.39, 0.29) is 12.3 Å².